The molecule has 2 aliphatic carbocycles. The molecule has 0 spiro atoms. The number of hydrogen-bond acceptors (Lipinski definition) is 2. The number of allylic oxidation sites excluding steroid dienone is 2. The summed E-state index contributed by atoms with van der Waals surface area (Å²) in [7, 11) is 0. The number of fused-ring (bicyclic) bond motifs is 1. The number of rotatable bonds is 5. The topological polar surface area (TPSA) is 46.2 Å². The Morgan fingerprint density at radius 2 is 1.91 bits per heavy atom. The average Bonchev–Trinajstić information content (AvgIpc) is 2.85. The van der Waals surface area contributed by atoms with Crippen LogP contribution in [0.4, 0.5) is 0 Å². The molecule has 0 saturated heterocycles. The molecule has 1 aromatic carbocycles. The molecule has 1 saturated carbocycles. The molecular weight excluding hydrogens is 286 g/mol. The quantitative estimate of drug-likeness (QED) is 0.898. The highest BCUT2D eigenvalue weighted by Crippen LogP contribution is 2.68. The molecule has 3 rings (SSSR count). The molecule has 1 fully saturated rings. The SMILES string of the molecule is CC[C@@H](C(=O)NC1=C(C(C)=O)[C@@H]2[C@H](C1)C2(C)C)c1ccccc1. The van der Waals surface area contributed by atoms with Gasteiger partial charge in [-0.05, 0) is 42.6 Å². The number of amides is 1. The zero-order valence-electron chi connectivity index (χ0n) is 14.3. The standard InChI is InChI=1S/C20H25NO2/c1-5-14(13-9-7-6-8-10-13)19(23)21-16-11-15-18(20(15,3)4)17(16)12(2)22/h6-10,14-15,18H,5,11H2,1-4H3,(H,21,23)/t14-,15+,18+/m1/s1. The van der Waals surface area contributed by atoms with Gasteiger partial charge in [0.25, 0.3) is 0 Å². The zero-order valence-corrected chi connectivity index (χ0v) is 14.3. The molecule has 1 aromatic rings. The summed E-state index contributed by atoms with van der Waals surface area (Å²) in [6.45, 7) is 8.06. The van der Waals surface area contributed by atoms with E-state index in [2.05, 4.69) is 19.2 Å². The Bertz CT molecular complexity index is 672. The van der Waals surface area contributed by atoms with Crippen LogP contribution in [0.15, 0.2) is 41.6 Å². The summed E-state index contributed by atoms with van der Waals surface area (Å²) >= 11 is 0. The van der Waals surface area contributed by atoms with Gasteiger partial charge in [-0.25, -0.2) is 0 Å². The van der Waals surface area contributed by atoms with Crippen molar-refractivity contribution in [2.24, 2.45) is 17.3 Å². The minimum absolute atomic E-state index is 0.00607. The van der Waals surface area contributed by atoms with E-state index in [9.17, 15) is 9.59 Å². The summed E-state index contributed by atoms with van der Waals surface area (Å²) in [4.78, 5) is 24.8. The number of benzene rings is 1. The molecule has 0 unspecified atom stereocenters. The predicted molar refractivity (Wildman–Crippen MR) is 90.7 cm³/mol. The lowest BCUT2D eigenvalue weighted by Gasteiger charge is -2.19. The van der Waals surface area contributed by atoms with E-state index in [1.54, 1.807) is 6.92 Å². The van der Waals surface area contributed by atoms with Crippen LogP contribution in [-0.4, -0.2) is 11.7 Å². The van der Waals surface area contributed by atoms with Crippen molar-refractivity contribution in [3.63, 3.8) is 0 Å². The lowest BCUT2D eigenvalue weighted by molar-refractivity contribution is -0.122. The molecule has 122 valence electrons. The van der Waals surface area contributed by atoms with Gasteiger partial charge in [-0.3, -0.25) is 9.59 Å². The Hall–Kier alpha value is -1.90. The van der Waals surface area contributed by atoms with E-state index in [1.807, 2.05) is 37.3 Å². The second kappa shape index (κ2) is 5.63. The summed E-state index contributed by atoms with van der Waals surface area (Å²) in [5, 5.41) is 3.08. The van der Waals surface area contributed by atoms with E-state index in [4.69, 9.17) is 0 Å². The summed E-state index contributed by atoms with van der Waals surface area (Å²) in [5.74, 6) is 0.778. The second-order valence-electron chi connectivity index (χ2n) is 7.42. The first kappa shape index (κ1) is 16.0. The lowest BCUT2D eigenvalue weighted by atomic mass is 9.93. The molecule has 0 aliphatic heterocycles. The van der Waals surface area contributed by atoms with Gasteiger partial charge < -0.3 is 5.32 Å². The van der Waals surface area contributed by atoms with Crippen molar-refractivity contribution in [3.05, 3.63) is 47.2 Å². The van der Waals surface area contributed by atoms with Gasteiger partial charge in [-0.15, -0.1) is 0 Å². The van der Waals surface area contributed by atoms with Crippen molar-refractivity contribution >= 4 is 11.7 Å². The molecule has 0 aromatic heterocycles. The third-order valence-corrected chi connectivity index (χ3v) is 5.69. The normalized spacial score (nSPS) is 25.7. The van der Waals surface area contributed by atoms with E-state index >= 15 is 0 Å². The Kier molecular flexibility index (Phi) is 3.91. The maximum absolute atomic E-state index is 12.7. The molecule has 23 heavy (non-hydrogen) atoms. The third kappa shape index (κ3) is 2.62. The Morgan fingerprint density at radius 3 is 2.48 bits per heavy atom. The largest absolute Gasteiger partial charge is 0.329 e. The minimum atomic E-state index is -0.165. The molecule has 3 nitrogen and oxygen atoms in total. The van der Waals surface area contributed by atoms with Crippen molar-refractivity contribution in [1.29, 1.82) is 0 Å². The van der Waals surface area contributed by atoms with Gasteiger partial charge in [0.15, 0.2) is 5.78 Å². The van der Waals surface area contributed by atoms with Crippen molar-refractivity contribution in [3.8, 4) is 0 Å². The Labute approximate surface area is 138 Å². The lowest BCUT2D eigenvalue weighted by Crippen LogP contribution is -2.30. The summed E-state index contributed by atoms with van der Waals surface area (Å²) in [6, 6.07) is 9.85. The highest BCUT2D eigenvalue weighted by atomic mass is 16.2. The highest BCUT2D eigenvalue weighted by Gasteiger charge is 2.64. The maximum Gasteiger partial charge on any atom is 0.231 e. The average molecular weight is 311 g/mol. The molecule has 3 heteroatoms. The van der Waals surface area contributed by atoms with E-state index < -0.39 is 0 Å². The van der Waals surface area contributed by atoms with Crippen LogP contribution < -0.4 is 5.32 Å². The van der Waals surface area contributed by atoms with Gasteiger partial charge in [0.05, 0.1) is 5.92 Å². The van der Waals surface area contributed by atoms with Crippen molar-refractivity contribution in [2.75, 3.05) is 0 Å². The summed E-state index contributed by atoms with van der Waals surface area (Å²) in [6.07, 6.45) is 1.57. The van der Waals surface area contributed by atoms with Crippen molar-refractivity contribution < 1.29 is 9.59 Å². The Morgan fingerprint density at radius 1 is 1.26 bits per heavy atom. The van der Waals surface area contributed by atoms with Crippen LogP contribution >= 0.6 is 0 Å². The van der Waals surface area contributed by atoms with E-state index in [-0.39, 0.29) is 23.0 Å². The van der Waals surface area contributed by atoms with Crippen LogP contribution in [0.5, 0.6) is 0 Å². The van der Waals surface area contributed by atoms with Crippen LogP contribution in [0.25, 0.3) is 0 Å². The van der Waals surface area contributed by atoms with Crippen LogP contribution in [-0.2, 0) is 9.59 Å². The van der Waals surface area contributed by atoms with Crippen LogP contribution in [0.2, 0.25) is 0 Å². The monoisotopic (exact) mass is 311 g/mol. The molecule has 0 radical (unpaired) electrons. The van der Waals surface area contributed by atoms with Gasteiger partial charge in [0.2, 0.25) is 5.91 Å². The number of ketones is 1. The van der Waals surface area contributed by atoms with Gasteiger partial charge in [-0.2, -0.15) is 0 Å². The van der Waals surface area contributed by atoms with E-state index in [1.165, 1.54) is 0 Å². The van der Waals surface area contributed by atoms with Crippen molar-refractivity contribution in [1.82, 2.24) is 5.32 Å². The number of hydrogen-bond donors (Lipinski definition) is 1. The Balaban J connectivity index is 1.81. The summed E-state index contributed by atoms with van der Waals surface area (Å²) in [5.41, 5.74) is 2.96. The van der Waals surface area contributed by atoms with Crippen LogP contribution in [0, 0.1) is 17.3 Å². The fraction of sp³-hybridized carbons (Fsp3) is 0.500. The second-order valence-corrected chi connectivity index (χ2v) is 7.42. The number of nitrogens with one attached hydrogen (secondary N) is 1. The first-order chi connectivity index (χ1) is 10.9. The molecule has 1 amide bonds. The zero-order chi connectivity index (χ0) is 16.8. The molecule has 2 aliphatic rings. The third-order valence-electron chi connectivity index (χ3n) is 5.69. The fourth-order valence-corrected chi connectivity index (χ4v) is 4.26. The summed E-state index contributed by atoms with van der Waals surface area (Å²) < 4.78 is 0. The first-order valence-corrected chi connectivity index (χ1v) is 8.47. The van der Waals surface area contributed by atoms with Gasteiger partial charge in [0.1, 0.15) is 0 Å². The van der Waals surface area contributed by atoms with E-state index in [0.717, 1.165) is 29.7 Å². The van der Waals surface area contributed by atoms with Crippen molar-refractivity contribution in [2.45, 2.75) is 46.5 Å². The molecule has 0 bridgehead atoms. The molecule has 3 atom stereocenters. The van der Waals surface area contributed by atoms with Crippen LogP contribution in [0.1, 0.15) is 52.0 Å². The van der Waals surface area contributed by atoms with Crippen LogP contribution in [0.3, 0.4) is 0 Å². The first-order valence-electron chi connectivity index (χ1n) is 8.47. The number of carbonyl (C=O) groups is 2. The highest BCUT2D eigenvalue weighted by molar-refractivity contribution is 5.97. The fourth-order valence-electron chi connectivity index (χ4n) is 4.26. The number of carbonyl (C=O) groups excluding carboxylic acids is 2. The molecule has 0 heterocycles. The molecular formula is C20H25NO2. The maximum atomic E-state index is 12.7. The smallest absolute Gasteiger partial charge is 0.231 e. The molecule has 1 N–H and O–H groups in total. The van der Waals surface area contributed by atoms with Gasteiger partial charge in [0, 0.05) is 11.3 Å². The predicted octanol–water partition coefficient (Wildman–Crippen LogP) is 3.82. The van der Waals surface area contributed by atoms with E-state index in [0.29, 0.717) is 11.8 Å². The van der Waals surface area contributed by atoms with Gasteiger partial charge >= 0.3 is 0 Å². The van der Waals surface area contributed by atoms with Gasteiger partial charge in [-0.1, -0.05) is 51.1 Å². The minimum Gasteiger partial charge on any atom is -0.329 e. The number of Topliss-reactive ketones (excluding diaryl/α,β-unsaturated/α-hetero) is 1.